The number of amides is 2. The van der Waals surface area contributed by atoms with E-state index in [0.29, 0.717) is 42.1 Å². The van der Waals surface area contributed by atoms with Crippen LogP contribution in [0.2, 0.25) is 0 Å². The summed E-state index contributed by atoms with van der Waals surface area (Å²) >= 11 is 0. The molecule has 1 saturated heterocycles. The minimum absolute atomic E-state index is 0.0420. The van der Waals surface area contributed by atoms with Gasteiger partial charge in [0.15, 0.2) is 6.61 Å². The number of hydrogen-bond acceptors (Lipinski definition) is 3. The second-order valence-corrected chi connectivity index (χ2v) is 7.69. The lowest BCUT2D eigenvalue weighted by atomic mass is 9.89. The van der Waals surface area contributed by atoms with E-state index in [1.165, 1.54) is 12.1 Å². The number of fused-ring (bicyclic) bond motifs is 1. The lowest BCUT2D eigenvalue weighted by Gasteiger charge is -2.32. The van der Waals surface area contributed by atoms with Crippen LogP contribution in [0.15, 0.2) is 42.5 Å². The Morgan fingerprint density at radius 3 is 2.63 bits per heavy atom. The first kappa shape index (κ1) is 20.3. The maximum absolute atomic E-state index is 12.9. The van der Waals surface area contributed by atoms with Crippen molar-refractivity contribution in [3.63, 3.8) is 0 Å². The van der Waals surface area contributed by atoms with Crippen LogP contribution in [-0.4, -0.2) is 36.4 Å². The van der Waals surface area contributed by atoms with Gasteiger partial charge in [-0.15, -0.1) is 0 Å². The molecule has 0 unspecified atom stereocenters. The fraction of sp³-hybridized carbons (Fsp3) is 0.364. The second-order valence-electron chi connectivity index (χ2n) is 7.69. The zero-order chi connectivity index (χ0) is 21.3. The fourth-order valence-electron chi connectivity index (χ4n) is 3.95. The molecule has 2 amide bonds. The summed E-state index contributed by atoms with van der Waals surface area (Å²) in [5, 5.41) is 2.69. The van der Waals surface area contributed by atoms with E-state index in [-0.39, 0.29) is 24.3 Å². The SMILES string of the molecule is O=C1COc2ccc(C(=O)N3CCC(Cc4cccc(C(F)(F)F)c4)CC3)cc2N1. The first-order chi connectivity index (χ1) is 14.3. The zero-order valence-electron chi connectivity index (χ0n) is 16.2. The third kappa shape index (κ3) is 4.42. The Labute approximate surface area is 171 Å². The second kappa shape index (κ2) is 8.01. The molecular formula is C22H21F3N2O3. The van der Waals surface area contributed by atoms with Crippen molar-refractivity contribution in [2.45, 2.75) is 25.4 Å². The summed E-state index contributed by atoms with van der Waals surface area (Å²) in [5.41, 5.74) is 0.989. The molecular weight excluding hydrogens is 397 g/mol. The Hall–Kier alpha value is -3.03. The van der Waals surface area contributed by atoms with Gasteiger partial charge in [-0.25, -0.2) is 0 Å². The van der Waals surface area contributed by atoms with Crippen LogP contribution >= 0.6 is 0 Å². The fourth-order valence-corrected chi connectivity index (χ4v) is 3.95. The normalized spacial score (nSPS) is 17.2. The Kier molecular flexibility index (Phi) is 5.40. The van der Waals surface area contributed by atoms with Crippen molar-refractivity contribution < 1.29 is 27.5 Å². The zero-order valence-corrected chi connectivity index (χ0v) is 16.2. The maximum Gasteiger partial charge on any atom is 0.416 e. The van der Waals surface area contributed by atoms with Crippen molar-refractivity contribution >= 4 is 17.5 Å². The maximum atomic E-state index is 12.9. The van der Waals surface area contributed by atoms with Gasteiger partial charge in [-0.1, -0.05) is 18.2 Å². The highest BCUT2D eigenvalue weighted by Gasteiger charge is 2.31. The monoisotopic (exact) mass is 418 g/mol. The Bertz CT molecular complexity index is 966. The quantitative estimate of drug-likeness (QED) is 0.816. The van der Waals surface area contributed by atoms with Gasteiger partial charge in [0.25, 0.3) is 11.8 Å². The van der Waals surface area contributed by atoms with E-state index in [1.54, 1.807) is 29.2 Å². The molecule has 2 aliphatic heterocycles. The molecule has 1 fully saturated rings. The standard InChI is InChI=1S/C22H21F3N2O3/c23-22(24,25)17-3-1-2-15(11-17)10-14-6-8-27(9-7-14)21(29)16-4-5-19-18(12-16)26-20(28)13-30-19/h1-5,11-12,14H,6-10,13H2,(H,26,28). The van der Waals surface area contributed by atoms with Crippen LogP contribution in [0.1, 0.15) is 34.3 Å². The number of alkyl halides is 3. The van der Waals surface area contributed by atoms with Gasteiger partial charge in [0.05, 0.1) is 11.3 Å². The molecule has 0 saturated carbocycles. The largest absolute Gasteiger partial charge is 0.482 e. The topological polar surface area (TPSA) is 58.6 Å². The molecule has 158 valence electrons. The number of carbonyl (C=O) groups is 2. The van der Waals surface area contributed by atoms with Gasteiger partial charge in [-0.3, -0.25) is 9.59 Å². The number of carbonyl (C=O) groups excluding carboxylic acids is 2. The third-order valence-corrected chi connectivity index (χ3v) is 5.54. The number of nitrogens with zero attached hydrogens (tertiary/aromatic N) is 1. The molecule has 2 aliphatic rings. The van der Waals surface area contributed by atoms with E-state index < -0.39 is 11.7 Å². The smallest absolute Gasteiger partial charge is 0.416 e. The van der Waals surface area contributed by atoms with E-state index in [2.05, 4.69) is 5.32 Å². The summed E-state index contributed by atoms with van der Waals surface area (Å²) < 4.78 is 44.0. The minimum Gasteiger partial charge on any atom is -0.482 e. The first-order valence-corrected chi connectivity index (χ1v) is 9.82. The summed E-state index contributed by atoms with van der Waals surface area (Å²) in [6, 6.07) is 10.4. The molecule has 2 aromatic rings. The number of nitrogens with one attached hydrogen (secondary N) is 1. The van der Waals surface area contributed by atoms with Crippen LogP contribution in [0.5, 0.6) is 5.75 Å². The van der Waals surface area contributed by atoms with Gasteiger partial charge in [0, 0.05) is 18.7 Å². The third-order valence-electron chi connectivity index (χ3n) is 5.54. The molecule has 30 heavy (non-hydrogen) atoms. The van der Waals surface area contributed by atoms with Gasteiger partial charge in [-0.2, -0.15) is 13.2 Å². The number of ether oxygens (including phenoxy) is 1. The van der Waals surface area contributed by atoms with E-state index in [1.807, 2.05) is 0 Å². The van der Waals surface area contributed by atoms with Gasteiger partial charge >= 0.3 is 6.18 Å². The van der Waals surface area contributed by atoms with Gasteiger partial charge < -0.3 is 15.0 Å². The number of hydrogen-bond donors (Lipinski definition) is 1. The van der Waals surface area contributed by atoms with Crippen LogP contribution in [0.4, 0.5) is 18.9 Å². The van der Waals surface area contributed by atoms with Gasteiger partial charge in [0.1, 0.15) is 5.75 Å². The summed E-state index contributed by atoms with van der Waals surface area (Å²) in [6.45, 7) is 1.05. The highest BCUT2D eigenvalue weighted by molar-refractivity contribution is 5.99. The number of piperidine rings is 1. The summed E-state index contributed by atoms with van der Waals surface area (Å²) in [7, 11) is 0. The predicted molar refractivity (Wildman–Crippen MR) is 104 cm³/mol. The van der Waals surface area contributed by atoms with E-state index in [9.17, 15) is 22.8 Å². The molecule has 2 aromatic carbocycles. The van der Waals surface area contributed by atoms with Crippen LogP contribution in [0.25, 0.3) is 0 Å². The van der Waals surface area contributed by atoms with Crippen molar-refractivity contribution in [2.24, 2.45) is 5.92 Å². The van der Waals surface area contributed by atoms with Crippen LogP contribution in [0, 0.1) is 5.92 Å². The number of likely N-dealkylation sites (tertiary alicyclic amines) is 1. The highest BCUT2D eigenvalue weighted by Crippen LogP contribution is 2.32. The average molecular weight is 418 g/mol. The lowest BCUT2D eigenvalue weighted by molar-refractivity contribution is -0.137. The first-order valence-electron chi connectivity index (χ1n) is 9.82. The highest BCUT2D eigenvalue weighted by atomic mass is 19.4. The van der Waals surface area contributed by atoms with Crippen molar-refractivity contribution in [2.75, 3.05) is 25.0 Å². The average Bonchev–Trinajstić information content (AvgIpc) is 2.73. The van der Waals surface area contributed by atoms with Crippen molar-refractivity contribution in [1.29, 1.82) is 0 Å². The minimum atomic E-state index is -4.34. The van der Waals surface area contributed by atoms with Crippen molar-refractivity contribution in [3.05, 3.63) is 59.2 Å². The molecule has 0 bridgehead atoms. The number of anilines is 1. The molecule has 0 radical (unpaired) electrons. The van der Waals surface area contributed by atoms with Crippen LogP contribution < -0.4 is 10.1 Å². The summed E-state index contributed by atoms with van der Waals surface area (Å²) in [5.74, 6) is 0.373. The molecule has 4 rings (SSSR count). The van der Waals surface area contributed by atoms with E-state index >= 15 is 0 Å². The number of rotatable bonds is 3. The van der Waals surface area contributed by atoms with Crippen molar-refractivity contribution in [1.82, 2.24) is 4.90 Å². The Morgan fingerprint density at radius 1 is 1.13 bits per heavy atom. The number of benzene rings is 2. The van der Waals surface area contributed by atoms with Crippen molar-refractivity contribution in [3.8, 4) is 5.75 Å². The summed E-state index contributed by atoms with van der Waals surface area (Å²) in [6.07, 6.45) is -2.32. The van der Waals surface area contributed by atoms with Gasteiger partial charge in [-0.05, 0) is 55.0 Å². The molecule has 2 heterocycles. The number of halogens is 3. The molecule has 5 nitrogen and oxygen atoms in total. The molecule has 0 aliphatic carbocycles. The molecule has 8 heteroatoms. The van der Waals surface area contributed by atoms with E-state index in [4.69, 9.17) is 4.74 Å². The predicted octanol–water partition coefficient (Wildman–Crippen LogP) is 4.13. The Morgan fingerprint density at radius 2 is 1.90 bits per heavy atom. The van der Waals surface area contributed by atoms with Crippen LogP contribution in [-0.2, 0) is 17.4 Å². The Balaban J connectivity index is 1.36. The van der Waals surface area contributed by atoms with Gasteiger partial charge in [0.2, 0.25) is 0 Å². The van der Waals surface area contributed by atoms with Crippen LogP contribution in [0.3, 0.4) is 0 Å². The molecule has 0 atom stereocenters. The molecule has 0 spiro atoms. The molecule has 0 aromatic heterocycles. The summed E-state index contributed by atoms with van der Waals surface area (Å²) in [4.78, 5) is 26.1. The molecule has 1 N–H and O–H groups in total. The van der Waals surface area contributed by atoms with E-state index in [0.717, 1.165) is 18.9 Å². The lowest BCUT2D eigenvalue weighted by Crippen LogP contribution is -2.39.